The van der Waals surface area contributed by atoms with Gasteiger partial charge in [0.25, 0.3) is 0 Å². The molecule has 1 aromatic heterocycles. The maximum atomic E-state index is 12.8. The number of nitrogens with two attached hydrogens (primary N) is 1. The van der Waals surface area contributed by atoms with E-state index < -0.39 is 0 Å². The fourth-order valence-electron chi connectivity index (χ4n) is 4.62. The Morgan fingerprint density at radius 2 is 1.90 bits per heavy atom. The first-order valence-electron chi connectivity index (χ1n) is 9.85. The second kappa shape index (κ2) is 10.3. The Hall–Kier alpha value is -1.82. The molecule has 2 saturated carbocycles. The van der Waals surface area contributed by atoms with Gasteiger partial charge in [-0.2, -0.15) is 0 Å². The van der Waals surface area contributed by atoms with Crippen molar-refractivity contribution in [1.82, 2.24) is 4.98 Å². The fraction of sp³-hybridized carbons (Fsp3) is 0.455. The van der Waals surface area contributed by atoms with Gasteiger partial charge in [-0.1, -0.05) is 6.42 Å². The molecule has 3 N–H and O–H groups in total. The van der Waals surface area contributed by atoms with Crippen LogP contribution in [-0.2, 0) is 4.79 Å². The van der Waals surface area contributed by atoms with Crippen molar-refractivity contribution >= 4 is 36.4 Å². The molecular weight excluding hydrogens is 409 g/mol. The van der Waals surface area contributed by atoms with Crippen LogP contribution in [0.4, 0.5) is 5.69 Å². The third kappa shape index (κ3) is 5.41. The third-order valence-corrected chi connectivity index (χ3v) is 6.09. The number of aromatic nitrogens is 1. The Morgan fingerprint density at radius 1 is 1.17 bits per heavy atom. The van der Waals surface area contributed by atoms with Crippen molar-refractivity contribution in [2.45, 2.75) is 45.1 Å². The normalized spacial score (nSPS) is 25.2. The zero-order valence-electron chi connectivity index (χ0n) is 16.5. The number of pyridine rings is 1. The number of nitrogens with one attached hydrogen (secondary N) is 1. The maximum absolute atomic E-state index is 12.8. The van der Waals surface area contributed by atoms with Crippen molar-refractivity contribution in [2.24, 2.45) is 23.5 Å². The van der Waals surface area contributed by atoms with Crippen LogP contribution in [0.3, 0.4) is 0 Å². The molecule has 2 aliphatic rings. The number of benzene rings is 1. The summed E-state index contributed by atoms with van der Waals surface area (Å²) in [5.41, 5.74) is 8.14. The largest absolute Gasteiger partial charge is 0.455 e. The molecule has 2 atom stereocenters. The van der Waals surface area contributed by atoms with E-state index >= 15 is 0 Å². The van der Waals surface area contributed by atoms with Gasteiger partial charge in [-0.05, 0) is 80.3 Å². The second-order valence-corrected chi connectivity index (χ2v) is 7.96. The molecule has 1 aromatic carbocycles. The molecule has 0 saturated heterocycles. The highest BCUT2D eigenvalue weighted by molar-refractivity contribution is 5.92. The number of hydrogen-bond acceptors (Lipinski definition) is 4. The standard InChI is InChI=1S/C22H27N3O2.2ClH/c1-14-10-18(7-8-20(14)27-19-6-3-9-24-13-19)25-22(26)17-11-15-4-2-5-16(12-17)21(15)23;;/h3,6-10,13,15-17,21H,2,4-5,11-12,23H2,1H3,(H,25,26);2*1H. The van der Waals surface area contributed by atoms with Crippen molar-refractivity contribution < 1.29 is 9.53 Å². The van der Waals surface area contributed by atoms with E-state index in [1.807, 2.05) is 37.3 Å². The number of anilines is 1. The molecule has 7 heteroatoms. The first-order chi connectivity index (χ1) is 13.1. The molecule has 0 spiro atoms. The van der Waals surface area contributed by atoms with E-state index in [9.17, 15) is 4.79 Å². The van der Waals surface area contributed by atoms with Gasteiger partial charge in [0, 0.05) is 23.8 Å². The minimum absolute atomic E-state index is 0. The third-order valence-electron chi connectivity index (χ3n) is 6.09. The van der Waals surface area contributed by atoms with E-state index in [4.69, 9.17) is 10.5 Å². The number of hydrogen-bond donors (Lipinski definition) is 2. The molecular formula is C22H29Cl2N3O2. The van der Waals surface area contributed by atoms with E-state index in [0.29, 0.717) is 17.6 Å². The number of rotatable bonds is 4. The highest BCUT2D eigenvalue weighted by Gasteiger charge is 2.40. The van der Waals surface area contributed by atoms with E-state index in [1.54, 1.807) is 12.4 Å². The molecule has 1 heterocycles. The lowest BCUT2D eigenvalue weighted by molar-refractivity contribution is -0.122. The van der Waals surface area contributed by atoms with Crippen LogP contribution < -0.4 is 15.8 Å². The molecule has 0 aliphatic heterocycles. The SMILES string of the molecule is Cc1cc(NC(=O)C2CC3CCCC(C2)C3N)ccc1Oc1cccnc1.Cl.Cl. The van der Waals surface area contributed by atoms with Gasteiger partial charge in [0.1, 0.15) is 11.5 Å². The minimum atomic E-state index is 0. The molecule has 0 radical (unpaired) electrons. The number of halogens is 2. The topological polar surface area (TPSA) is 77.2 Å². The number of ether oxygens (including phenoxy) is 1. The summed E-state index contributed by atoms with van der Waals surface area (Å²) in [6.07, 6.45) is 8.83. The Labute approximate surface area is 184 Å². The molecule has 2 fully saturated rings. The predicted octanol–water partition coefficient (Wildman–Crippen LogP) is 5.12. The highest BCUT2D eigenvalue weighted by atomic mass is 35.5. The lowest BCUT2D eigenvalue weighted by Gasteiger charge is -2.43. The van der Waals surface area contributed by atoms with Gasteiger partial charge in [0.05, 0.1) is 6.20 Å². The zero-order valence-corrected chi connectivity index (χ0v) is 18.2. The summed E-state index contributed by atoms with van der Waals surface area (Å²) in [6.45, 7) is 1.98. The fourth-order valence-corrected chi connectivity index (χ4v) is 4.62. The Balaban J connectivity index is 0.00000150. The summed E-state index contributed by atoms with van der Waals surface area (Å²) in [5.74, 6) is 2.67. The van der Waals surface area contributed by atoms with Gasteiger partial charge in [0.2, 0.25) is 5.91 Å². The molecule has 5 nitrogen and oxygen atoms in total. The molecule has 2 unspecified atom stereocenters. The average Bonchev–Trinajstić information content (AvgIpc) is 2.64. The summed E-state index contributed by atoms with van der Waals surface area (Å²) < 4.78 is 5.86. The van der Waals surface area contributed by atoms with E-state index in [2.05, 4.69) is 10.3 Å². The number of nitrogens with zero attached hydrogens (tertiary/aromatic N) is 1. The van der Waals surface area contributed by atoms with Gasteiger partial charge in [-0.3, -0.25) is 9.78 Å². The summed E-state index contributed by atoms with van der Waals surface area (Å²) in [5, 5.41) is 3.10. The average molecular weight is 438 g/mol. The van der Waals surface area contributed by atoms with Crippen LogP contribution >= 0.6 is 24.8 Å². The molecule has 4 rings (SSSR count). The number of fused-ring (bicyclic) bond motifs is 2. The minimum Gasteiger partial charge on any atom is -0.455 e. The molecule has 158 valence electrons. The summed E-state index contributed by atoms with van der Waals surface area (Å²) in [7, 11) is 0. The summed E-state index contributed by atoms with van der Waals surface area (Å²) in [4.78, 5) is 16.9. The van der Waals surface area contributed by atoms with Gasteiger partial charge in [-0.25, -0.2) is 0 Å². The number of aryl methyl sites for hydroxylation is 1. The van der Waals surface area contributed by atoms with Crippen molar-refractivity contribution in [3.63, 3.8) is 0 Å². The quantitative estimate of drug-likeness (QED) is 0.695. The Bertz CT molecular complexity index is 805. The van der Waals surface area contributed by atoms with E-state index in [0.717, 1.165) is 29.8 Å². The lowest BCUT2D eigenvalue weighted by Crippen LogP contribution is -2.48. The van der Waals surface area contributed by atoms with Crippen molar-refractivity contribution in [1.29, 1.82) is 0 Å². The van der Waals surface area contributed by atoms with Gasteiger partial charge >= 0.3 is 0 Å². The highest BCUT2D eigenvalue weighted by Crippen LogP contribution is 2.42. The van der Waals surface area contributed by atoms with Crippen LogP contribution in [0.5, 0.6) is 11.5 Å². The molecule has 2 aromatic rings. The monoisotopic (exact) mass is 437 g/mol. The van der Waals surface area contributed by atoms with E-state index in [1.165, 1.54) is 19.3 Å². The van der Waals surface area contributed by atoms with Crippen molar-refractivity contribution in [3.8, 4) is 11.5 Å². The van der Waals surface area contributed by atoms with Gasteiger partial charge in [0.15, 0.2) is 0 Å². The Kier molecular flexibility index (Phi) is 8.32. The van der Waals surface area contributed by atoms with Crippen LogP contribution in [0.25, 0.3) is 0 Å². The smallest absolute Gasteiger partial charge is 0.227 e. The molecule has 29 heavy (non-hydrogen) atoms. The van der Waals surface area contributed by atoms with Crippen LogP contribution in [0.1, 0.15) is 37.7 Å². The maximum Gasteiger partial charge on any atom is 0.227 e. The second-order valence-electron chi connectivity index (χ2n) is 7.96. The van der Waals surface area contributed by atoms with Crippen LogP contribution in [-0.4, -0.2) is 16.9 Å². The van der Waals surface area contributed by atoms with E-state index in [-0.39, 0.29) is 42.7 Å². The number of carbonyl (C=O) groups excluding carboxylic acids is 1. The molecule has 2 bridgehead atoms. The first kappa shape index (κ1) is 23.5. The first-order valence-corrected chi connectivity index (χ1v) is 9.85. The molecule has 1 amide bonds. The van der Waals surface area contributed by atoms with Crippen molar-refractivity contribution in [2.75, 3.05) is 5.32 Å². The Morgan fingerprint density at radius 3 is 2.52 bits per heavy atom. The summed E-state index contributed by atoms with van der Waals surface area (Å²) >= 11 is 0. The number of carbonyl (C=O) groups is 1. The summed E-state index contributed by atoms with van der Waals surface area (Å²) in [6, 6.07) is 9.74. The predicted molar refractivity (Wildman–Crippen MR) is 120 cm³/mol. The van der Waals surface area contributed by atoms with Crippen LogP contribution in [0.15, 0.2) is 42.7 Å². The zero-order chi connectivity index (χ0) is 18.8. The number of amides is 1. The molecule has 2 aliphatic carbocycles. The van der Waals surface area contributed by atoms with Crippen LogP contribution in [0, 0.1) is 24.7 Å². The van der Waals surface area contributed by atoms with Crippen molar-refractivity contribution in [3.05, 3.63) is 48.3 Å². The van der Waals surface area contributed by atoms with Gasteiger partial charge < -0.3 is 15.8 Å². The van der Waals surface area contributed by atoms with Crippen LogP contribution in [0.2, 0.25) is 0 Å². The lowest BCUT2D eigenvalue weighted by atomic mass is 9.65. The van der Waals surface area contributed by atoms with Gasteiger partial charge in [-0.15, -0.1) is 24.8 Å².